The van der Waals surface area contributed by atoms with Crippen molar-refractivity contribution in [1.82, 2.24) is 9.97 Å². The zero-order valence-electron chi connectivity index (χ0n) is 9.59. The number of ether oxygens (including phenoxy) is 1. The van der Waals surface area contributed by atoms with Crippen molar-refractivity contribution in [2.45, 2.75) is 32.6 Å². The molecule has 1 rings (SSSR count). The molecule has 0 saturated carbocycles. The Morgan fingerprint density at radius 3 is 2.69 bits per heavy atom. The first kappa shape index (κ1) is 13.9. The van der Waals surface area contributed by atoms with E-state index in [-0.39, 0.29) is 0 Å². The molecule has 0 N–H and O–H groups in total. The lowest BCUT2D eigenvalue weighted by molar-refractivity contribution is 0.194. The molecule has 3 nitrogen and oxygen atoms in total. The summed E-state index contributed by atoms with van der Waals surface area (Å²) in [4.78, 5) is 8.74. The molecule has 1 aromatic rings. The number of aromatic nitrogens is 2. The predicted octanol–water partition coefficient (Wildman–Crippen LogP) is 3.42. The van der Waals surface area contributed by atoms with Crippen molar-refractivity contribution < 1.29 is 4.74 Å². The van der Waals surface area contributed by atoms with Gasteiger partial charge in [-0.1, -0.05) is 24.9 Å². The molecule has 0 atom stereocenters. The third-order valence-corrected chi connectivity index (χ3v) is 3.50. The minimum atomic E-state index is 0.505. The molecular formula is C11H16BrClN2O. The number of hydrogen-bond acceptors (Lipinski definition) is 3. The summed E-state index contributed by atoms with van der Waals surface area (Å²) >= 11 is 9.45. The fourth-order valence-corrected chi connectivity index (χ4v) is 1.98. The van der Waals surface area contributed by atoms with Crippen molar-refractivity contribution in [2.75, 3.05) is 13.7 Å². The standard InChI is InChI=1S/C11H16BrClN2O/c1-3-5-8-10(12)11(13)15-9(14-8)6-4-7-16-2/h3-7H2,1-2H3. The average molecular weight is 308 g/mol. The second-order valence-electron chi connectivity index (χ2n) is 3.54. The van der Waals surface area contributed by atoms with E-state index in [2.05, 4.69) is 32.8 Å². The predicted molar refractivity (Wildman–Crippen MR) is 68.9 cm³/mol. The van der Waals surface area contributed by atoms with E-state index in [1.165, 1.54) is 0 Å². The minimum absolute atomic E-state index is 0.505. The number of methoxy groups -OCH3 is 1. The molecule has 90 valence electrons. The van der Waals surface area contributed by atoms with Crippen LogP contribution < -0.4 is 0 Å². The van der Waals surface area contributed by atoms with E-state index in [0.29, 0.717) is 5.15 Å². The highest BCUT2D eigenvalue weighted by Crippen LogP contribution is 2.24. The second-order valence-corrected chi connectivity index (χ2v) is 4.69. The summed E-state index contributed by atoms with van der Waals surface area (Å²) in [5.41, 5.74) is 0.995. The SMILES string of the molecule is CCCc1nc(CCCOC)nc(Cl)c1Br. The number of nitrogens with zero attached hydrogens (tertiary/aromatic N) is 2. The van der Waals surface area contributed by atoms with Gasteiger partial charge in [0.1, 0.15) is 11.0 Å². The molecule has 0 amide bonds. The first-order valence-electron chi connectivity index (χ1n) is 5.38. The van der Waals surface area contributed by atoms with Gasteiger partial charge in [0.05, 0.1) is 10.2 Å². The van der Waals surface area contributed by atoms with Gasteiger partial charge >= 0.3 is 0 Å². The maximum Gasteiger partial charge on any atom is 0.147 e. The van der Waals surface area contributed by atoms with Crippen molar-refractivity contribution in [1.29, 1.82) is 0 Å². The number of halogens is 2. The van der Waals surface area contributed by atoms with Crippen LogP contribution in [0.3, 0.4) is 0 Å². The Bertz CT molecular complexity index is 347. The van der Waals surface area contributed by atoms with Gasteiger partial charge in [-0.25, -0.2) is 9.97 Å². The van der Waals surface area contributed by atoms with Crippen LogP contribution in [0.1, 0.15) is 31.3 Å². The molecule has 0 radical (unpaired) electrons. The van der Waals surface area contributed by atoms with E-state index >= 15 is 0 Å². The van der Waals surface area contributed by atoms with E-state index in [1.807, 2.05) is 0 Å². The molecule has 0 aliphatic heterocycles. The van der Waals surface area contributed by atoms with Gasteiger partial charge in [0.15, 0.2) is 0 Å². The Balaban J connectivity index is 2.77. The Labute approximate surface area is 110 Å². The first-order valence-corrected chi connectivity index (χ1v) is 6.55. The third kappa shape index (κ3) is 4.00. The van der Waals surface area contributed by atoms with Crippen molar-refractivity contribution in [3.63, 3.8) is 0 Å². The Morgan fingerprint density at radius 2 is 2.06 bits per heavy atom. The van der Waals surface area contributed by atoms with Crippen LogP contribution >= 0.6 is 27.5 Å². The highest BCUT2D eigenvalue weighted by atomic mass is 79.9. The van der Waals surface area contributed by atoms with Crippen molar-refractivity contribution >= 4 is 27.5 Å². The number of hydrogen-bond donors (Lipinski definition) is 0. The summed E-state index contributed by atoms with van der Waals surface area (Å²) in [5.74, 6) is 0.800. The zero-order valence-corrected chi connectivity index (χ0v) is 11.9. The molecule has 5 heteroatoms. The lowest BCUT2D eigenvalue weighted by atomic mass is 10.2. The smallest absolute Gasteiger partial charge is 0.147 e. The van der Waals surface area contributed by atoms with Gasteiger partial charge in [0, 0.05) is 20.1 Å². The van der Waals surface area contributed by atoms with E-state index in [4.69, 9.17) is 16.3 Å². The molecule has 0 bridgehead atoms. The fourth-order valence-electron chi connectivity index (χ4n) is 1.40. The summed E-state index contributed by atoms with van der Waals surface area (Å²) in [5, 5.41) is 0.505. The average Bonchev–Trinajstić information content (AvgIpc) is 2.26. The second kappa shape index (κ2) is 7.20. The number of aryl methyl sites for hydroxylation is 2. The Hall–Kier alpha value is -0.190. The summed E-state index contributed by atoms with van der Waals surface area (Å²) in [6.45, 7) is 2.84. The van der Waals surface area contributed by atoms with Crippen LogP contribution in [-0.2, 0) is 17.6 Å². The monoisotopic (exact) mass is 306 g/mol. The molecule has 0 unspecified atom stereocenters. The van der Waals surface area contributed by atoms with Gasteiger partial charge in [0.2, 0.25) is 0 Å². The molecule has 1 aromatic heterocycles. The van der Waals surface area contributed by atoms with E-state index < -0.39 is 0 Å². The normalized spacial score (nSPS) is 10.8. The fraction of sp³-hybridized carbons (Fsp3) is 0.636. The molecule has 16 heavy (non-hydrogen) atoms. The molecule has 0 aliphatic carbocycles. The molecule has 0 fully saturated rings. The van der Waals surface area contributed by atoms with Crippen LogP contribution in [0.25, 0.3) is 0 Å². The van der Waals surface area contributed by atoms with Crippen LogP contribution in [0.15, 0.2) is 4.47 Å². The van der Waals surface area contributed by atoms with Gasteiger partial charge in [0.25, 0.3) is 0 Å². The quantitative estimate of drug-likeness (QED) is 0.596. The molecule has 1 heterocycles. The highest BCUT2D eigenvalue weighted by molar-refractivity contribution is 9.10. The van der Waals surface area contributed by atoms with Gasteiger partial charge in [-0.05, 0) is 28.8 Å². The Kier molecular flexibility index (Phi) is 6.24. The van der Waals surface area contributed by atoms with Crippen LogP contribution in [0, 0.1) is 0 Å². The summed E-state index contributed by atoms with van der Waals surface area (Å²) in [7, 11) is 1.69. The highest BCUT2D eigenvalue weighted by Gasteiger charge is 2.09. The Morgan fingerprint density at radius 1 is 1.31 bits per heavy atom. The van der Waals surface area contributed by atoms with Gasteiger partial charge in [-0.3, -0.25) is 0 Å². The topological polar surface area (TPSA) is 35.0 Å². The molecule has 0 saturated heterocycles. The molecule has 0 aliphatic rings. The maximum absolute atomic E-state index is 6.04. The van der Waals surface area contributed by atoms with E-state index in [1.54, 1.807) is 7.11 Å². The largest absolute Gasteiger partial charge is 0.385 e. The molecule has 0 spiro atoms. The maximum atomic E-state index is 6.04. The van der Waals surface area contributed by atoms with E-state index in [9.17, 15) is 0 Å². The minimum Gasteiger partial charge on any atom is -0.385 e. The van der Waals surface area contributed by atoms with Gasteiger partial charge < -0.3 is 4.74 Å². The van der Waals surface area contributed by atoms with Gasteiger partial charge in [-0.15, -0.1) is 0 Å². The van der Waals surface area contributed by atoms with Crippen LogP contribution in [0.2, 0.25) is 5.15 Å². The van der Waals surface area contributed by atoms with Crippen molar-refractivity contribution in [3.8, 4) is 0 Å². The lowest BCUT2D eigenvalue weighted by Gasteiger charge is -2.07. The van der Waals surface area contributed by atoms with Crippen LogP contribution in [-0.4, -0.2) is 23.7 Å². The first-order chi connectivity index (χ1) is 7.69. The van der Waals surface area contributed by atoms with E-state index in [0.717, 1.165) is 48.3 Å². The summed E-state index contributed by atoms with van der Waals surface area (Å²) < 4.78 is 5.82. The van der Waals surface area contributed by atoms with Crippen molar-refractivity contribution in [3.05, 3.63) is 21.1 Å². The molecule has 0 aromatic carbocycles. The zero-order chi connectivity index (χ0) is 12.0. The third-order valence-electron chi connectivity index (χ3n) is 2.16. The molecular weight excluding hydrogens is 291 g/mol. The number of rotatable bonds is 6. The van der Waals surface area contributed by atoms with Crippen LogP contribution in [0.5, 0.6) is 0 Å². The van der Waals surface area contributed by atoms with Gasteiger partial charge in [-0.2, -0.15) is 0 Å². The summed E-state index contributed by atoms with van der Waals surface area (Å²) in [6, 6.07) is 0. The summed E-state index contributed by atoms with van der Waals surface area (Å²) in [6.07, 6.45) is 3.68. The van der Waals surface area contributed by atoms with Crippen molar-refractivity contribution in [2.24, 2.45) is 0 Å². The lowest BCUT2D eigenvalue weighted by Crippen LogP contribution is -2.03. The van der Waals surface area contributed by atoms with Crippen LogP contribution in [0.4, 0.5) is 0 Å².